The molecule has 3 rings (SSSR count). The van der Waals surface area contributed by atoms with Crippen molar-refractivity contribution < 1.29 is 9.90 Å². The molecule has 3 N–H and O–H groups in total. The average Bonchev–Trinajstić information content (AvgIpc) is 2.47. The molecule has 21 heavy (non-hydrogen) atoms. The van der Waals surface area contributed by atoms with Crippen molar-refractivity contribution in [1.82, 2.24) is 9.88 Å². The fraction of sp³-hybridized carbons (Fsp3) is 0.600. The van der Waals surface area contributed by atoms with E-state index in [2.05, 4.69) is 21.8 Å². The van der Waals surface area contributed by atoms with Crippen molar-refractivity contribution in [2.75, 3.05) is 37.3 Å². The topological polar surface area (TPSA) is 82.7 Å². The lowest BCUT2D eigenvalue weighted by atomic mass is 9.84. The molecule has 6 heteroatoms. The highest BCUT2D eigenvalue weighted by atomic mass is 16.4. The van der Waals surface area contributed by atoms with Crippen LogP contribution in [-0.2, 0) is 0 Å². The van der Waals surface area contributed by atoms with Crippen LogP contribution < -0.4 is 10.6 Å². The summed E-state index contributed by atoms with van der Waals surface area (Å²) in [5.41, 5.74) is 6.27. The Hall–Kier alpha value is -1.82. The van der Waals surface area contributed by atoms with Crippen LogP contribution in [0.15, 0.2) is 12.3 Å². The van der Waals surface area contributed by atoms with E-state index in [0.717, 1.165) is 19.5 Å². The van der Waals surface area contributed by atoms with Crippen molar-refractivity contribution >= 4 is 17.5 Å². The number of nitrogen functional groups attached to an aromatic ring is 1. The number of carboxylic acid groups (broad SMARTS) is 1. The Balaban J connectivity index is 1.84. The SMILES string of the molecule is CN1CCCC2CN(c3ncc(N)cc3C(=O)O)CCC21. The molecular formula is C15H22N4O2. The molecule has 0 aromatic carbocycles. The average molecular weight is 290 g/mol. The van der Waals surface area contributed by atoms with Crippen LogP contribution in [0.3, 0.4) is 0 Å². The van der Waals surface area contributed by atoms with Crippen molar-refractivity contribution in [3.8, 4) is 0 Å². The number of hydrogen-bond acceptors (Lipinski definition) is 5. The molecule has 2 unspecified atom stereocenters. The lowest BCUT2D eigenvalue weighted by molar-refractivity contribution is 0.0696. The minimum absolute atomic E-state index is 0.206. The van der Waals surface area contributed by atoms with Crippen LogP contribution in [0.4, 0.5) is 11.5 Å². The maximum absolute atomic E-state index is 11.4. The fourth-order valence-corrected chi connectivity index (χ4v) is 3.73. The van der Waals surface area contributed by atoms with Crippen LogP contribution in [0.25, 0.3) is 0 Å². The molecule has 2 saturated heterocycles. The summed E-state index contributed by atoms with van der Waals surface area (Å²) in [7, 11) is 2.19. The summed E-state index contributed by atoms with van der Waals surface area (Å²) < 4.78 is 0. The molecule has 6 nitrogen and oxygen atoms in total. The Labute approximate surface area is 124 Å². The van der Waals surface area contributed by atoms with Gasteiger partial charge in [-0.25, -0.2) is 9.78 Å². The third-order valence-electron chi connectivity index (χ3n) is 4.76. The number of rotatable bonds is 2. The van der Waals surface area contributed by atoms with Crippen molar-refractivity contribution in [1.29, 1.82) is 0 Å². The first-order valence-electron chi connectivity index (χ1n) is 7.50. The zero-order valence-corrected chi connectivity index (χ0v) is 12.3. The van der Waals surface area contributed by atoms with Crippen LogP contribution >= 0.6 is 0 Å². The first-order valence-corrected chi connectivity index (χ1v) is 7.50. The van der Waals surface area contributed by atoms with E-state index in [9.17, 15) is 9.90 Å². The van der Waals surface area contributed by atoms with E-state index in [1.165, 1.54) is 25.5 Å². The molecule has 2 aliphatic rings. The van der Waals surface area contributed by atoms with Gasteiger partial charge in [-0.2, -0.15) is 0 Å². The van der Waals surface area contributed by atoms with Gasteiger partial charge in [-0.1, -0.05) is 0 Å². The molecule has 0 bridgehead atoms. The number of fused-ring (bicyclic) bond motifs is 1. The minimum atomic E-state index is -0.965. The van der Waals surface area contributed by atoms with Gasteiger partial charge in [0.1, 0.15) is 11.4 Å². The maximum Gasteiger partial charge on any atom is 0.339 e. The summed E-state index contributed by atoms with van der Waals surface area (Å²) in [5, 5.41) is 9.36. The molecule has 3 heterocycles. The second-order valence-corrected chi connectivity index (χ2v) is 6.13. The monoisotopic (exact) mass is 290 g/mol. The number of piperidine rings is 2. The van der Waals surface area contributed by atoms with Crippen molar-refractivity contribution in [2.24, 2.45) is 5.92 Å². The molecule has 1 aromatic rings. The van der Waals surface area contributed by atoms with E-state index in [1.807, 2.05) is 0 Å². The number of likely N-dealkylation sites (tertiary alicyclic amines) is 1. The highest BCUT2D eigenvalue weighted by Crippen LogP contribution is 2.32. The second-order valence-electron chi connectivity index (χ2n) is 6.13. The van der Waals surface area contributed by atoms with Crippen molar-refractivity contribution in [3.05, 3.63) is 17.8 Å². The summed E-state index contributed by atoms with van der Waals surface area (Å²) in [5.74, 6) is 0.189. The van der Waals surface area contributed by atoms with Crippen LogP contribution in [0.1, 0.15) is 29.6 Å². The molecule has 0 spiro atoms. The standard InChI is InChI=1S/C15H22N4O2/c1-18-5-2-3-10-9-19(6-4-13(10)18)14-12(15(20)21)7-11(16)8-17-14/h7-8,10,13H,2-6,9,16H2,1H3,(H,20,21). The second kappa shape index (κ2) is 5.52. The van der Waals surface area contributed by atoms with E-state index in [4.69, 9.17) is 5.73 Å². The van der Waals surface area contributed by atoms with Gasteiger partial charge in [0.05, 0.1) is 11.9 Å². The van der Waals surface area contributed by atoms with Crippen LogP contribution in [0, 0.1) is 5.92 Å². The van der Waals surface area contributed by atoms with Gasteiger partial charge in [0.2, 0.25) is 0 Å². The molecule has 0 radical (unpaired) electrons. The molecule has 2 atom stereocenters. The highest BCUT2D eigenvalue weighted by molar-refractivity contribution is 5.94. The smallest absolute Gasteiger partial charge is 0.339 e. The largest absolute Gasteiger partial charge is 0.478 e. The predicted molar refractivity (Wildman–Crippen MR) is 81.6 cm³/mol. The Morgan fingerprint density at radius 2 is 2.24 bits per heavy atom. The molecule has 114 valence electrons. The Morgan fingerprint density at radius 3 is 3.00 bits per heavy atom. The lowest BCUT2D eigenvalue weighted by Gasteiger charge is -2.46. The quantitative estimate of drug-likeness (QED) is 0.854. The summed E-state index contributed by atoms with van der Waals surface area (Å²) >= 11 is 0. The van der Waals surface area contributed by atoms with Gasteiger partial charge in [-0.15, -0.1) is 0 Å². The third-order valence-corrected chi connectivity index (χ3v) is 4.76. The van der Waals surface area contributed by atoms with E-state index in [0.29, 0.717) is 23.5 Å². The molecule has 2 fully saturated rings. The molecule has 0 amide bonds. The third kappa shape index (κ3) is 2.68. The van der Waals surface area contributed by atoms with Crippen LogP contribution in [0.2, 0.25) is 0 Å². The van der Waals surface area contributed by atoms with Gasteiger partial charge in [-0.05, 0) is 44.8 Å². The number of hydrogen-bond donors (Lipinski definition) is 2. The minimum Gasteiger partial charge on any atom is -0.478 e. The molecule has 1 aromatic heterocycles. The number of aromatic nitrogens is 1. The van der Waals surface area contributed by atoms with Crippen molar-refractivity contribution in [2.45, 2.75) is 25.3 Å². The zero-order chi connectivity index (χ0) is 15.0. The zero-order valence-electron chi connectivity index (χ0n) is 12.3. The van der Waals surface area contributed by atoms with E-state index in [-0.39, 0.29) is 5.56 Å². The number of carbonyl (C=O) groups is 1. The highest BCUT2D eigenvalue weighted by Gasteiger charge is 2.35. The van der Waals surface area contributed by atoms with Crippen LogP contribution in [0.5, 0.6) is 0 Å². The first-order chi connectivity index (χ1) is 10.1. The molecule has 2 aliphatic heterocycles. The van der Waals surface area contributed by atoms with Gasteiger partial charge in [-0.3, -0.25) is 0 Å². The predicted octanol–water partition coefficient (Wildman–Crippen LogP) is 1.28. The molecule has 0 saturated carbocycles. The number of nitrogens with zero attached hydrogens (tertiary/aromatic N) is 3. The van der Waals surface area contributed by atoms with Gasteiger partial charge >= 0.3 is 5.97 Å². The van der Waals surface area contributed by atoms with Gasteiger partial charge in [0.15, 0.2) is 0 Å². The van der Waals surface area contributed by atoms with E-state index < -0.39 is 5.97 Å². The number of anilines is 2. The number of aromatic carboxylic acids is 1. The van der Waals surface area contributed by atoms with Gasteiger partial charge in [0.25, 0.3) is 0 Å². The van der Waals surface area contributed by atoms with Crippen molar-refractivity contribution in [3.63, 3.8) is 0 Å². The Kier molecular flexibility index (Phi) is 3.71. The van der Waals surface area contributed by atoms with E-state index >= 15 is 0 Å². The summed E-state index contributed by atoms with van der Waals surface area (Å²) in [6.45, 7) is 2.90. The molecular weight excluding hydrogens is 268 g/mol. The van der Waals surface area contributed by atoms with Crippen LogP contribution in [-0.4, -0.2) is 53.7 Å². The molecule has 0 aliphatic carbocycles. The van der Waals surface area contributed by atoms with E-state index in [1.54, 1.807) is 6.20 Å². The number of pyridine rings is 1. The normalized spacial score (nSPS) is 26.4. The lowest BCUT2D eigenvalue weighted by Crippen LogP contribution is -2.53. The summed E-state index contributed by atoms with van der Waals surface area (Å²) in [4.78, 5) is 20.3. The number of carboxylic acids is 1. The fourth-order valence-electron chi connectivity index (χ4n) is 3.73. The van der Waals surface area contributed by atoms with Gasteiger partial charge in [0, 0.05) is 19.1 Å². The Bertz CT molecular complexity index is 548. The first kappa shape index (κ1) is 14.1. The summed E-state index contributed by atoms with van der Waals surface area (Å²) in [6, 6.07) is 2.13. The number of nitrogens with two attached hydrogens (primary N) is 1. The summed E-state index contributed by atoms with van der Waals surface area (Å²) in [6.07, 6.45) is 5.03. The Morgan fingerprint density at radius 1 is 1.43 bits per heavy atom. The maximum atomic E-state index is 11.4. The van der Waals surface area contributed by atoms with Gasteiger partial charge < -0.3 is 20.6 Å².